The van der Waals surface area contributed by atoms with Crippen LogP contribution in [0.5, 0.6) is 0 Å². The maximum atomic E-state index is 13.6. The largest absolute Gasteiger partial charge is 0.334 e. The normalized spacial score (nSPS) is 11.2. The van der Waals surface area contributed by atoms with Crippen LogP contribution in [0.3, 0.4) is 0 Å². The van der Waals surface area contributed by atoms with Gasteiger partial charge in [-0.1, -0.05) is 43.7 Å². The lowest BCUT2D eigenvalue weighted by Gasteiger charge is -2.09. The monoisotopic (exact) mass is 496 g/mol. The number of aromatic nitrogens is 8. The first-order valence-corrected chi connectivity index (χ1v) is 12.4. The van der Waals surface area contributed by atoms with Gasteiger partial charge in [-0.3, -0.25) is 18.9 Å². The van der Waals surface area contributed by atoms with Gasteiger partial charge in [0.05, 0.1) is 17.8 Å². The number of aryl methyl sites for hydroxylation is 2. The summed E-state index contributed by atoms with van der Waals surface area (Å²) < 4.78 is 5.29. The molecule has 0 radical (unpaired) electrons. The summed E-state index contributed by atoms with van der Waals surface area (Å²) in [7, 11) is 0. The zero-order valence-corrected chi connectivity index (χ0v) is 20.8. The van der Waals surface area contributed by atoms with Crippen LogP contribution in [-0.4, -0.2) is 45.6 Å². The fourth-order valence-electron chi connectivity index (χ4n) is 4.55. The standard InChI is InChI=1S/C27H28N8O2/c1-3-5-8-21-17-35(26-20(18-36)13-14-33(26)4-2)27(37)34(21)16-19-11-12-24(28-15-19)22-9-6-7-10-23(22)25-29-31-32-30-25/h6-7,9-15,17-18H,3-5,8,16H2,1-2H3,(H,29,30,31,32). The van der Waals surface area contributed by atoms with Gasteiger partial charge in [0, 0.05) is 42.0 Å². The summed E-state index contributed by atoms with van der Waals surface area (Å²) in [6, 6.07) is 13.4. The van der Waals surface area contributed by atoms with Crippen molar-refractivity contribution in [3.63, 3.8) is 0 Å². The third kappa shape index (κ3) is 4.65. The van der Waals surface area contributed by atoms with Crippen LogP contribution in [-0.2, 0) is 19.5 Å². The Morgan fingerprint density at radius 2 is 1.89 bits per heavy atom. The lowest BCUT2D eigenvalue weighted by molar-refractivity contribution is 0.112. The lowest BCUT2D eigenvalue weighted by Crippen LogP contribution is -2.26. The number of rotatable bonds is 10. The molecule has 4 heterocycles. The highest BCUT2D eigenvalue weighted by molar-refractivity contribution is 5.80. The Kier molecular flexibility index (Phi) is 6.89. The van der Waals surface area contributed by atoms with Gasteiger partial charge in [-0.05, 0) is 42.7 Å². The molecule has 0 saturated heterocycles. The third-order valence-corrected chi connectivity index (χ3v) is 6.46. The van der Waals surface area contributed by atoms with E-state index in [1.807, 2.05) is 60.3 Å². The summed E-state index contributed by atoms with van der Waals surface area (Å²) in [5.41, 5.74) is 4.65. The molecule has 10 heteroatoms. The van der Waals surface area contributed by atoms with Crippen molar-refractivity contribution >= 4 is 6.29 Å². The molecule has 0 atom stereocenters. The Morgan fingerprint density at radius 1 is 1.05 bits per heavy atom. The van der Waals surface area contributed by atoms with Crippen molar-refractivity contribution in [2.75, 3.05) is 0 Å². The van der Waals surface area contributed by atoms with Crippen LogP contribution in [0.2, 0.25) is 0 Å². The summed E-state index contributed by atoms with van der Waals surface area (Å²) in [4.78, 5) is 30.0. The Morgan fingerprint density at radius 3 is 2.57 bits per heavy atom. The molecule has 0 amide bonds. The molecule has 5 aromatic rings. The number of tetrazole rings is 1. The quantitative estimate of drug-likeness (QED) is 0.293. The molecular weight excluding hydrogens is 468 g/mol. The van der Waals surface area contributed by atoms with Crippen molar-refractivity contribution in [3.8, 4) is 28.5 Å². The van der Waals surface area contributed by atoms with Gasteiger partial charge in [-0.25, -0.2) is 4.79 Å². The molecule has 0 aliphatic rings. The summed E-state index contributed by atoms with van der Waals surface area (Å²) >= 11 is 0. The van der Waals surface area contributed by atoms with Crippen molar-refractivity contribution in [1.82, 2.24) is 39.3 Å². The van der Waals surface area contributed by atoms with E-state index in [1.165, 1.54) is 0 Å². The van der Waals surface area contributed by atoms with Crippen LogP contribution in [0.4, 0.5) is 0 Å². The molecule has 4 aromatic heterocycles. The molecule has 0 fully saturated rings. The first-order valence-electron chi connectivity index (χ1n) is 12.4. The molecule has 0 aliphatic carbocycles. The lowest BCUT2D eigenvalue weighted by atomic mass is 10.0. The van der Waals surface area contributed by atoms with Crippen LogP contribution in [0.1, 0.15) is 48.3 Å². The molecule has 1 aromatic carbocycles. The summed E-state index contributed by atoms with van der Waals surface area (Å²) in [6.07, 6.45) is 9.04. The molecule has 0 bridgehead atoms. The predicted molar refractivity (Wildman–Crippen MR) is 140 cm³/mol. The summed E-state index contributed by atoms with van der Waals surface area (Å²) in [5, 5.41) is 14.3. The first-order chi connectivity index (χ1) is 18.1. The highest BCUT2D eigenvalue weighted by atomic mass is 16.2. The highest BCUT2D eigenvalue weighted by Gasteiger charge is 2.18. The second kappa shape index (κ2) is 10.6. The van der Waals surface area contributed by atoms with E-state index in [1.54, 1.807) is 21.4 Å². The molecular formula is C27H28N8O2. The zero-order chi connectivity index (χ0) is 25.8. The van der Waals surface area contributed by atoms with Crippen LogP contribution < -0.4 is 5.69 Å². The second-order valence-corrected chi connectivity index (χ2v) is 8.79. The third-order valence-electron chi connectivity index (χ3n) is 6.46. The van der Waals surface area contributed by atoms with Crippen LogP contribution in [0, 0.1) is 0 Å². The maximum absolute atomic E-state index is 13.6. The average molecular weight is 497 g/mol. The molecule has 0 aliphatic heterocycles. The Labute approximate surface area is 213 Å². The van der Waals surface area contributed by atoms with E-state index >= 15 is 0 Å². The number of imidazole rings is 1. The molecule has 188 valence electrons. The molecule has 37 heavy (non-hydrogen) atoms. The zero-order valence-electron chi connectivity index (χ0n) is 20.8. The molecule has 0 unspecified atom stereocenters. The van der Waals surface area contributed by atoms with Crippen molar-refractivity contribution in [1.29, 1.82) is 0 Å². The van der Waals surface area contributed by atoms with E-state index in [9.17, 15) is 9.59 Å². The number of pyridine rings is 1. The Hall–Kier alpha value is -4.60. The van der Waals surface area contributed by atoms with Crippen LogP contribution in [0.25, 0.3) is 28.5 Å². The van der Waals surface area contributed by atoms with Gasteiger partial charge in [-0.15, -0.1) is 10.2 Å². The smallest absolute Gasteiger partial charge is 0.334 e. The minimum absolute atomic E-state index is 0.172. The van der Waals surface area contributed by atoms with E-state index < -0.39 is 0 Å². The summed E-state index contributed by atoms with van der Waals surface area (Å²) in [5.74, 6) is 1.10. The van der Waals surface area contributed by atoms with Crippen LogP contribution in [0.15, 0.2) is 65.8 Å². The number of carbonyl (C=O) groups is 1. The number of carbonyl (C=O) groups excluding carboxylic acids is 1. The number of hydrogen-bond acceptors (Lipinski definition) is 6. The highest BCUT2D eigenvalue weighted by Crippen LogP contribution is 2.28. The van der Waals surface area contributed by atoms with E-state index in [0.29, 0.717) is 30.3 Å². The Balaban J connectivity index is 1.50. The first kappa shape index (κ1) is 24.1. The minimum atomic E-state index is -0.172. The van der Waals surface area contributed by atoms with Gasteiger partial charge >= 0.3 is 5.69 Å². The van der Waals surface area contributed by atoms with Crippen molar-refractivity contribution in [2.24, 2.45) is 0 Å². The van der Waals surface area contributed by atoms with E-state index in [0.717, 1.165) is 53.6 Å². The fourth-order valence-corrected chi connectivity index (χ4v) is 4.55. The van der Waals surface area contributed by atoms with Gasteiger partial charge < -0.3 is 4.57 Å². The molecule has 5 rings (SSSR count). The van der Waals surface area contributed by atoms with Gasteiger partial charge in [0.1, 0.15) is 5.82 Å². The van der Waals surface area contributed by atoms with E-state index in [-0.39, 0.29) is 5.69 Å². The number of aromatic amines is 1. The number of aldehydes is 1. The number of benzene rings is 1. The van der Waals surface area contributed by atoms with Gasteiger partial charge in [0.2, 0.25) is 5.82 Å². The molecule has 0 spiro atoms. The molecule has 10 nitrogen and oxygen atoms in total. The van der Waals surface area contributed by atoms with E-state index in [4.69, 9.17) is 0 Å². The molecule has 1 N–H and O–H groups in total. The molecule has 0 saturated carbocycles. The summed E-state index contributed by atoms with van der Waals surface area (Å²) in [6.45, 7) is 5.15. The van der Waals surface area contributed by atoms with Crippen molar-refractivity contribution < 1.29 is 4.79 Å². The number of nitrogens with zero attached hydrogens (tertiary/aromatic N) is 7. The van der Waals surface area contributed by atoms with Gasteiger partial charge in [-0.2, -0.15) is 5.21 Å². The number of nitrogens with one attached hydrogen (secondary N) is 1. The number of unbranched alkanes of at least 4 members (excludes halogenated alkanes) is 1. The predicted octanol–water partition coefficient (Wildman–Crippen LogP) is 3.91. The van der Waals surface area contributed by atoms with E-state index in [2.05, 4.69) is 32.5 Å². The number of hydrogen-bond donors (Lipinski definition) is 1. The van der Waals surface area contributed by atoms with Crippen molar-refractivity contribution in [2.45, 2.75) is 46.2 Å². The fraction of sp³-hybridized carbons (Fsp3) is 0.259. The topological polar surface area (TPSA) is 116 Å². The average Bonchev–Trinajstić information content (AvgIpc) is 3.68. The van der Waals surface area contributed by atoms with Crippen LogP contribution >= 0.6 is 0 Å². The minimum Gasteiger partial charge on any atom is -0.334 e. The SMILES string of the molecule is CCCCc1cn(-c2c(C=O)ccn2CC)c(=O)n1Cc1ccc(-c2ccccc2-c2nn[nH]n2)nc1. The second-order valence-electron chi connectivity index (χ2n) is 8.79. The number of H-pyrrole nitrogens is 1. The van der Waals surface area contributed by atoms with Gasteiger partial charge in [0.15, 0.2) is 6.29 Å². The van der Waals surface area contributed by atoms with Crippen molar-refractivity contribution in [3.05, 3.63) is 88.4 Å². The Bertz CT molecular complexity index is 1560. The van der Waals surface area contributed by atoms with Gasteiger partial charge in [0.25, 0.3) is 0 Å². The maximum Gasteiger partial charge on any atom is 0.334 e.